The quantitative estimate of drug-likeness (QED) is 0.791. The molecule has 5 nitrogen and oxygen atoms in total. The molecular formula is C13H15N3O2. The molecule has 0 aliphatic carbocycles. The van der Waals surface area contributed by atoms with Gasteiger partial charge in [0.25, 0.3) is 0 Å². The lowest BCUT2D eigenvalue weighted by atomic mass is 10.3. The first kappa shape index (κ1) is 11.2. The maximum Gasteiger partial charge on any atom is 0.235 e. The van der Waals surface area contributed by atoms with Crippen LogP contribution in [0.4, 0.5) is 0 Å². The molecule has 1 aromatic rings. The van der Waals surface area contributed by atoms with Crippen molar-refractivity contribution in [2.24, 2.45) is 9.98 Å². The van der Waals surface area contributed by atoms with Gasteiger partial charge in [0.05, 0.1) is 12.1 Å². The summed E-state index contributed by atoms with van der Waals surface area (Å²) < 4.78 is 11.0. The molecule has 2 aliphatic rings. The highest BCUT2D eigenvalue weighted by molar-refractivity contribution is 5.97. The molecule has 0 spiro atoms. The van der Waals surface area contributed by atoms with Gasteiger partial charge in [0, 0.05) is 0 Å². The lowest BCUT2D eigenvalue weighted by molar-refractivity contribution is 0.321. The number of aliphatic imine (C=N–C) groups is 2. The Kier molecular flexibility index (Phi) is 2.74. The molecule has 18 heavy (non-hydrogen) atoms. The number of nitrogens with zero attached hydrogens (tertiary/aromatic N) is 3. The second kappa shape index (κ2) is 4.40. The zero-order valence-corrected chi connectivity index (χ0v) is 10.5. The molecule has 0 radical (unpaired) electrons. The summed E-state index contributed by atoms with van der Waals surface area (Å²) in [6.45, 7) is 5.27. The molecule has 0 unspecified atom stereocenters. The van der Waals surface area contributed by atoms with Crippen molar-refractivity contribution in [3.63, 3.8) is 0 Å². The van der Waals surface area contributed by atoms with Crippen LogP contribution in [-0.2, 0) is 9.47 Å². The first-order valence-electron chi connectivity index (χ1n) is 6.11. The smallest absolute Gasteiger partial charge is 0.235 e. The van der Waals surface area contributed by atoms with Crippen molar-refractivity contribution >= 4 is 11.8 Å². The van der Waals surface area contributed by atoms with E-state index in [-0.39, 0.29) is 12.1 Å². The molecule has 94 valence electrons. The van der Waals surface area contributed by atoms with Gasteiger partial charge in [-0.25, -0.2) is 15.0 Å². The highest BCUT2D eigenvalue weighted by Gasteiger charge is 2.21. The van der Waals surface area contributed by atoms with E-state index in [1.807, 2.05) is 32.0 Å². The molecule has 0 N–H and O–H groups in total. The molecule has 0 fully saturated rings. The summed E-state index contributed by atoms with van der Waals surface area (Å²) in [7, 11) is 0. The van der Waals surface area contributed by atoms with Crippen LogP contribution >= 0.6 is 0 Å². The van der Waals surface area contributed by atoms with E-state index in [0.717, 1.165) is 11.4 Å². The minimum atomic E-state index is 0.200. The van der Waals surface area contributed by atoms with E-state index in [4.69, 9.17) is 9.47 Å². The summed E-state index contributed by atoms with van der Waals surface area (Å²) in [5.74, 6) is 1.21. The first-order valence-corrected chi connectivity index (χ1v) is 6.11. The van der Waals surface area contributed by atoms with Crippen molar-refractivity contribution in [2.75, 3.05) is 13.2 Å². The molecule has 0 saturated carbocycles. The average Bonchev–Trinajstić information content (AvgIpc) is 2.98. The topological polar surface area (TPSA) is 56.1 Å². The Morgan fingerprint density at radius 3 is 1.83 bits per heavy atom. The van der Waals surface area contributed by atoms with Crippen molar-refractivity contribution in [1.29, 1.82) is 0 Å². The number of hydrogen-bond donors (Lipinski definition) is 0. The standard InChI is InChI=1S/C13H15N3O2/c1-8-6-17-12(14-8)10-4-3-5-11(16-10)13-15-9(2)7-18-13/h3-5,8-9H,6-7H2,1-2H3/t8-,9+. The largest absolute Gasteiger partial charge is 0.474 e. The fourth-order valence-corrected chi connectivity index (χ4v) is 1.90. The Hall–Kier alpha value is -1.91. The van der Waals surface area contributed by atoms with Crippen molar-refractivity contribution in [1.82, 2.24) is 4.98 Å². The zero-order chi connectivity index (χ0) is 12.5. The predicted molar refractivity (Wildman–Crippen MR) is 68.1 cm³/mol. The predicted octanol–water partition coefficient (Wildman–Crippen LogP) is 1.41. The van der Waals surface area contributed by atoms with Crippen LogP contribution < -0.4 is 0 Å². The highest BCUT2D eigenvalue weighted by Crippen LogP contribution is 2.13. The van der Waals surface area contributed by atoms with Crippen molar-refractivity contribution in [3.05, 3.63) is 29.6 Å². The molecule has 2 aliphatic heterocycles. The first-order chi connectivity index (χ1) is 8.72. The Bertz CT molecular complexity index is 481. The molecule has 0 aromatic carbocycles. The summed E-state index contributed by atoms with van der Waals surface area (Å²) in [6.07, 6.45) is 0. The van der Waals surface area contributed by atoms with E-state index >= 15 is 0 Å². The van der Waals surface area contributed by atoms with E-state index in [9.17, 15) is 0 Å². The second-order valence-electron chi connectivity index (χ2n) is 4.60. The van der Waals surface area contributed by atoms with Gasteiger partial charge < -0.3 is 9.47 Å². The summed E-state index contributed by atoms with van der Waals surface area (Å²) in [5, 5.41) is 0. The summed E-state index contributed by atoms with van der Waals surface area (Å²) >= 11 is 0. The summed E-state index contributed by atoms with van der Waals surface area (Å²) in [5.41, 5.74) is 1.48. The van der Waals surface area contributed by atoms with Gasteiger partial charge >= 0.3 is 0 Å². The van der Waals surface area contributed by atoms with Crippen molar-refractivity contribution in [3.8, 4) is 0 Å². The Morgan fingerprint density at radius 1 is 0.944 bits per heavy atom. The average molecular weight is 245 g/mol. The van der Waals surface area contributed by atoms with Crippen LogP contribution in [0.1, 0.15) is 25.2 Å². The lowest BCUT2D eigenvalue weighted by Gasteiger charge is -2.04. The van der Waals surface area contributed by atoms with Crippen LogP contribution in [0.2, 0.25) is 0 Å². The normalized spacial score (nSPS) is 26.3. The Morgan fingerprint density at radius 2 is 1.44 bits per heavy atom. The van der Waals surface area contributed by atoms with Gasteiger partial charge in [-0.15, -0.1) is 0 Å². The van der Waals surface area contributed by atoms with Gasteiger partial charge in [-0.2, -0.15) is 0 Å². The minimum absolute atomic E-state index is 0.200. The second-order valence-corrected chi connectivity index (χ2v) is 4.60. The van der Waals surface area contributed by atoms with Gasteiger partial charge in [-0.05, 0) is 26.0 Å². The molecule has 2 atom stereocenters. The molecule has 0 saturated heterocycles. The maximum absolute atomic E-state index is 5.50. The minimum Gasteiger partial charge on any atom is -0.474 e. The van der Waals surface area contributed by atoms with Crippen LogP contribution in [-0.4, -0.2) is 42.1 Å². The molecule has 3 heterocycles. The number of hydrogen-bond acceptors (Lipinski definition) is 5. The van der Waals surface area contributed by atoms with Gasteiger partial charge in [-0.1, -0.05) is 6.07 Å². The SMILES string of the molecule is C[C@@H]1COC(c2cccc(C3=N[C@@H](C)CO3)n2)=N1. The molecule has 0 bridgehead atoms. The number of ether oxygens (including phenoxy) is 2. The van der Waals surface area contributed by atoms with Gasteiger partial charge in [0.15, 0.2) is 0 Å². The van der Waals surface area contributed by atoms with Crippen LogP contribution in [0.15, 0.2) is 28.2 Å². The summed E-state index contributed by atoms with van der Waals surface area (Å²) in [6, 6.07) is 6.09. The molecule has 0 amide bonds. The summed E-state index contributed by atoms with van der Waals surface area (Å²) in [4.78, 5) is 13.3. The van der Waals surface area contributed by atoms with Crippen LogP contribution in [0, 0.1) is 0 Å². The lowest BCUT2D eigenvalue weighted by Crippen LogP contribution is -2.10. The van der Waals surface area contributed by atoms with Crippen LogP contribution in [0.25, 0.3) is 0 Å². The van der Waals surface area contributed by atoms with Crippen LogP contribution in [0.5, 0.6) is 0 Å². The molecule has 5 heteroatoms. The van der Waals surface area contributed by atoms with E-state index in [1.54, 1.807) is 0 Å². The highest BCUT2D eigenvalue weighted by atomic mass is 16.5. The third-order valence-electron chi connectivity index (χ3n) is 2.79. The van der Waals surface area contributed by atoms with Gasteiger partial charge in [-0.3, -0.25) is 0 Å². The number of pyridine rings is 1. The van der Waals surface area contributed by atoms with Crippen molar-refractivity contribution in [2.45, 2.75) is 25.9 Å². The van der Waals surface area contributed by atoms with E-state index < -0.39 is 0 Å². The zero-order valence-electron chi connectivity index (χ0n) is 10.5. The molecular weight excluding hydrogens is 230 g/mol. The van der Waals surface area contributed by atoms with Gasteiger partial charge in [0.2, 0.25) is 11.8 Å². The van der Waals surface area contributed by atoms with E-state index in [1.165, 1.54) is 0 Å². The monoisotopic (exact) mass is 245 g/mol. The fraction of sp³-hybridized carbons (Fsp3) is 0.462. The number of rotatable bonds is 2. The third-order valence-corrected chi connectivity index (χ3v) is 2.79. The fourth-order valence-electron chi connectivity index (χ4n) is 1.90. The Labute approximate surface area is 106 Å². The number of aromatic nitrogens is 1. The third kappa shape index (κ3) is 2.08. The van der Waals surface area contributed by atoms with Crippen LogP contribution in [0.3, 0.4) is 0 Å². The Balaban J connectivity index is 1.90. The maximum atomic E-state index is 5.50. The van der Waals surface area contributed by atoms with E-state index in [2.05, 4.69) is 15.0 Å². The van der Waals surface area contributed by atoms with E-state index in [0.29, 0.717) is 25.0 Å². The molecule has 1 aromatic heterocycles. The van der Waals surface area contributed by atoms with Gasteiger partial charge in [0.1, 0.15) is 24.6 Å². The van der Waals surface area contributed by atoms with Crippen molar-refractivity contribution < 1.29 is 9.47 Å². The molecule has 3 rings (SSSR count).